The van der Waals surface area contributed by atoms with Gasteiger partial charge in [0.1, 0.15) is 0 Å². The maximum Gasteiger partial charge on any atom is 0 e. The molecule has 0 saturated carbocycles. The molecule has 0 fully saturated rings. The second kappa shape index (κ2) is 49.5. The standard InChI is InChI=1S/C10H10.2C4H8.2C2H6.CH4.B.Y/c1-3-9(2)10-7-5-4-6-8-10;2*1-3-4-2;2*1-2;;;/h4-7H,1-2H3;2*3-4H,1-2H3;2*1-2H3;1H4;;/q-2;;;;;;;/b;2*4-3-;;;;;. The van der Waals surface area contributed by atoms with Crippen molar-refractivity contribution >= 4 is 14.0 Å². The molecular weight excluding hydrogens is 376 g/mol. The fourth-order valence-electron chi connectivity index (χ4n) is 0.761. The van der Waals surface area contributed by atoms with E-state index in [9.17, 15) is 0 Å². The number of hydrogen-bond donors (Lipinski definition) is 0. The molecule has 0 atom stereocenters. The van der Waals surface area contributed by atoms with Gasteiger partial charge in [-0.15, -0.1) is 19.9 Å². The summed E-state index contributed by atoms with van der Waals surface area (Å²) in [5.74, 6) is 0. The van der Waals surface area contributed by atoms with Crippen LogP contribution in [0.25, 0.3) is 5.57 Å². The van der Waals surface area contributed by atoms with Gasteiger partial charge in [0.2, 0.25) is 0 Å². The number of rotatable bonds is 1. The third-order valence-electron chi connectivity index (χ3n) is 2.15. The second-order valence-corrected chi connectivity index (χ2v) is 3.48. The zero-order chi connectivity index (χ0) is 18.2. The van der Waals surface area contributed by atoms with Crippen molar-refractivity contribution in [2.45, 2.75) is 76.7 Å². The molecule has 0 amide bonds. The minimum Gasteiger partial charge on any atom is -0.327 e. The first-order valence-corrected chi connectivity index (χ1v) is 8.30. The smallest absolute Gasteiger partial charge is 0 e. The first-order valence-electron chi connectivity index (χ1n) is 8.30. The predicted octanol–water partition coefficient (Wildman–Crippen LogP) is 8.18. The summed E-state index contributed by atoms with van der Waals surface area (Å²) in [6.45, 7) is 19.9. The predicted molar refractivity (Wildman–Crippen MR) is 119 cm³/mol. The van der Waals surface area contributed by atoms with Crippen molar-refractivity contribution in [3.8, 4) is 0 Å². The molecule has 1 rings (SSSR count). The van der Waals surface area contributed by atoms with E-state index in [4.69, 9.17) is 0 Å². The van der Waals surface area contributed by atoms with Gasteiger partial charge in [0.25, 0.3) is 0 Å². The molecule has 0 N–H and O–H groups in total. The molecule has 0 aliphatic carbocycles. The van der Waals surface area contributed by atoms with Gasteiger partial charge in [0.15, 0.2) is 0 Å². The van der Waals surface area contributed by atoms with Crippen molar-refractivity contribution in [3.05, 3.63) is 66.3 Å². The van der Waals surface area contributed by atoms with Gasteiger partial charge in [-0.1, -0.05) is 59.4 Å². The third kappa shape index (κ3) is 45.2. The van der Waals surface area contributed by atoms with Crippen molar-refractivity contribution in [1.29, 1.82) is 0 Å². The van der Waals surface area contributed by atoms with Crippen LogP contribution in [0.4, 0.5) is 0 Å². The van der Waals surface area contributed by atoms with Crippen LogP contribution in [0.15, 0.2) is 48.6 Å². The zero-order valence-corrected chi connectivity index (χ0v) is 20.6. The Hall–Kier alpha value is -0.391. The van der Waals surface area contributed by atoms with Crippen LogP contribution in [-0.2, 0) is 32.7 Å². The number of hydrogen-bond acceptors (Lipinski definition) is 0. The molecule has 2 heteroatoms. The molecule has 0 unspecified atom stereocenters. The van der Waals surface area contributed by atoms with Crippen LogP contribution in [0.2, 0.25) is 0 Å². The molecule has 0 aromatic heterocycles. The van der Waals surface area contributed by atoms with Crippen LogP contribution in [0.1, 0.15) is 82.2 Å². The van der Waals surface area contributed by atoms with Crippen molar-refractivity contribution in [1.82, 2.24) is 0 Å². The van der Waals surface area contributed by atoms with Crippen molar-refractivity contribution < 1.29 is 32.7 Å². The van der Waals surface area contributed by atoms with Crippen LogP contribution in [0.5, 0.6) is 0 Å². The average molecular weight is 418 g/mol. The largest absolute Gasteiger partial charge is 0.327 e. The van der Waals surface area contributed by atoms with E-state index in [2.05, 4.69) is 12.1 Å². The minimum atomic E-state index is 0. The normalized spacial score (nSPS) is 8.16. The molecule has 0 bridgehead atoms. The Morgan fingerprint density at radius 3 is 1.44 bits per heavy atom. The molecule has 1 aromatic rings. The maximum atomic E-state index is 3.12. The zero-order valence-electron chi connectivity index (χ0n) is 17.8. The quantitative estimate of drug-likeness (QED) is 0.245. The fourth-order valence-corrected chi connectivity index (χ4v) is 0.761. The summed E-state index contributed by atoms with van der Waals surface area (Å²) in [7, 11) is 0. The van der Waals surface area contributed by atoms with E-state index >= 15 is 0 Å². The average Bonchev–Trinajstić information content (AvgIpc) is 2.65. The second-order valence-electron chi connectivity index (χ2n) is 3.48. The van der Waals surface area contributed by atoms with Crippen LogP contribution in [0.3, 0.4) is 0 Å². The van der Waals surface area contributed by atoms with Gasteiger partial charge < -0.3 is 17.2 Å². The van der Waals surface area contributed by atoms with E-state index in [0.29, 0.717) is 0 Å². The van der Waals surface area contributed by atoms with Gasteiger partial charge in [-0.05, 0) is 27.7 Å². The number of benzene rings is 1. The van der Waals surface area contributed by atoms with E-state index in [1.54, 1.807) is 0 Å². The van der Waals surface area contributed by atoms with E-state index in [1.807, 2.05) is 118 Å². The van der Waals surface area contributed by atoms with Gasteiger partial charge in [-0.25, -0.2) is 12.1 Å². The van der Waals surface area contributed by atoms with Gasteiger partial charge in [0.05, 0.1) is 0 Å². The summed E-state index contributed by atoms with van der Waals surface area (Å²) in [6, 6.07) is 11.0. The van der Waals surface area contributed by atoms with E-state index in [0.717, 1.165) is 11.1 Å². The van der Waals surface area contributed by atoms with Crippen LogP contribution < -0.4 is 0 Å². The summed E-state index contributed by atoms with van der Waals surface area (Å²) in [5.41, 5.74) is 2.28. The molecule has 0 saturated heterocycles. The fraction of sp³-hybridized carbons (Fsp3) is 0.478. The summed E-state index contributed by atoms with van der Waals surface area (Å²) in [5, 5.41) is 0. The Bertz CT molecular complexity index is 334. The van der Waals surface area contributed by atoms with Crippen molar-refractivity contribution in [3.63, 3.8) is 0 Å². The molecule has 1 aromatic carbocycles. The van der Waals surface area contributed by atoms with Gasteiger partial charge in [-0.3, -0.25) is 0 Å². The van der Waals surface area contributed by atoms with Crippen LogP contribution in [0, 0.1) is 12.1 Å². The van der Waals surface area contributed by atoms with Crippen molar-refractivity contribution in [2.24, 2.45) is 0 Å². The Morgan fingerprint density at radius 2 is 1.24 bits per heavy atom. The molecule has 25 heavy (non-hydrogen) atoms. The van der Waals surface area contributed by atoms with Crippen molar-refractivity contribution in [2.75, 3.05) is 0 Å². The molecule has 0 heterocycles. The third-order valence-corrected chi connectivity index (χ3v) is 2.15. The summed E-state index contributed by atoms with van der Waals surface area (Å²) >= 11 is 0. The van der Waals surface area contributed by atoms with Gasteiger partial charge in [-0.2, -0.15) is 12.1 Å². The molecule has 0 aliphatic heterocycles. The molecule has 142 valence electrons. The van der Waals surface area contributed by atoms with E-state index in [1.165, 1.54) is 0 Å². The maximum absolute atomic E-state index is 3.12. The van der Waals surface area contributed by atoms with Crippen LogP contribution >= 0.6 is 0 Å². The summed E-state index contributed by atoms with van der Waals surface area (Å²) < 4.78 is 0. The monoisotopic (exact) mass is 418 g/mol. The Morgan fingerprint density at radius 1 is 0.880 bits per heavy atom. The van der Waals surface area contributed by atoms with Gasteiger partial charge in [0, 0.05) is 41.1 Å². The topological polar surface area (TPSA) is 0 Å². The Balaban J connectivity index is -0.0000000374. The molecular formula is C23H42BY-2. The Kier molecular flexibility index (Phi) is 87.6. The molecule has 0 nitrogen and oxygen atoms in total. The molecule has 0 aliphatic rings. The Labute approximate surface area is 188 Å². The molecule has 0 spiro atoms. The minimum absolute atomic E-state index is 0. The van der Waals surface area contributed by atoms with Gasteiger partial charge >= 0.3 is 0 Å². The summed E-state index contributed by atoms with van der Waals surface area (Å²) in [6.07, 6.45) is 11.1. The van der Waals surface area contributed by atoms with Crippen LogP contribution in [-0.4, -0.2) is 8.41 Å². The first-order chi connectivity index (χ1) is 10.7. The van der Waals surface area contributed by atoms with E-state index in [-0.39, 0.29) is 48.5 Å². The number of allylic oxidation sites excluding steroid dienone is 6. The molecule has 4 radical (unpaired) electrons. The summed E-state index contributed by atoms with van der Waals surface area (Å²) in [4.78, 5) is 0. The van der Waals surface area contributed by atoms with E-state index < -0.39 is 0 Å². The first kappa shape index (κ1) is 44.2. The SMILES string of the molecule is C.C/C=C\C.C/C=C\C.CC.CC.C[C-]=C(C)c1[c-]cccc1.[B].[Y].